The van der Waals surface area contributed by atoms with Crippen molar-refractivity contribution in [2.45, 2.75) is 50.2 Å². The number of benzene rings is 1. The Bertz CT molecular complexity index is 1400. The molecule has 1 aliphatic carbocycles. The topological polar surface area (TPSA) is 83.4 Å². The molecule has 0 amide bonds. The lowest BCUT2D eigenvalue weighted by molar-refractivity contribution is -0.126. The van der Waals surface area contributed by atoms with E-state index in [0.29, 0.717) is 41.2 Å². The van der Waals surface area contributed by atoms with Gasteiger partial charge >= 0.3 is 6.18 Å². The number of rotatable bonds is 8. The Labute approximate surface area is 222 Å². The normalized spacial score (nSPS) is 19.7. The summed E-state index contributed by atoms with van der Waals surface area (Å²) in [7, 11) is 3.48. The van der Waals surface area contributed by atoms with Crippen molar-refractivity contribution in [1.29, 1.82) is 0 Å². The minimum absolute atomic E-state index is 0.0190. The van der Waals surface area contributed by atoms with Crippen LogP contribution in [0.2, 0.25) is 0 Å². The van der Waals surface area contributed by atoms with E-state index in [4.69, 9.17) is 4.74 Å². The van der Waals surface area contributed by atoms with Gasteiger partial charge in [-0.05, 0) is 36.1 Å². The van der Waals surface area contributed by atoms with Crippen molar-refractivity contribution in [1.82, 2.24) is 20.3 Å². The third-order valence-electron chi connectivity index (χ3n) is 6.92. The maximum Gasteiger partial charge on any atom is 0.393 e. The molecule has 2 N–H and O–H groups in total. The van der Waals surface area contributed by atoms with Crippen LogP contribution in [-0.4, -0.2) is 58.6 Å². The van der Waals surface area contributed by atoms with E-state index < -0.39 is 18.7 Å². The Morgan fingerprint density at radius 1 is 1.11 bits per heavy atom. The van der Waals surface area contributed by atoms with E-state index in [-0.39, 0.29) is 17.0 Å². The lowest BCUT2D eigenvalue weighted by Gasteiger charge is -2.26. The van der Waals surface area contributed by atoms with Crippen molar-refractivity contribution in [3.8, 4) is 16.9 Å². The number of halogens is 3. The predicted octanol–water partition coefficient (Wildman–Crippen LogP) is 4.98. The third-order valence-corrected chi connectivity index (χ3v) is 7.97. The quantitative estimate of drug-likeness (QED) is 0.324. The number of aliphatic hydroxyl groups is 1. The second-order valence-electron chi connectivity index (χ2n) is 9.52. The number of nitrogens with one attached hydrogen (secondary N) is 1. The van der Waals surface area contributed by atoms with Crippen molar-refractivity contribution in [3.63, 3.8) is 0 Å². The van der Waals surface area contributed by atoms with Gasteiger partial charge in [0.15, 0.2) is 0 Å². The number of fused-ring (bicyclic) bond motifs is 1. The van der Waals surface area contributed by atoms with Crippen LogP contribution in [0.25, 0.3) is 21.3 Å². The Morgan fingerprint density at radius 2 is 1.89 bits per heavy atom. The number of methoxy groups -OCH3 is 1. The molecule has 38 heavy (non-hydrogen) atoms. The highest BCUT2D eigenvalue weighted by Crippen LogP contribution is 2.36. The molecule has 0 unspecified atom stereocenters. The van der Waals surface area contributed by atoms with Gasteiger partial charge in [-0.1, -0.05) is 24.3 Å². The highest BCUT2D eigenvalue weighted by Gasteiger charge is 2.36. The van der Waals surface area contributed by atoms with Gasteiger partial charge < -0.3 is 20.1 Å². The Kier molecular flexibility index (Phi) is 7.51. The van der Waals surface area contributed by atoms with Crippen molar-refractivity contribution >= 4 is 27.4 Å². The van der Waals surface area contributed by atoms with Crippen LogP contribution >= 0.6 is 11.3 Å². The summed E-state index contributed by atoms with van der Waals surface area (Å²) in [6.07, 6.45) is 0.235. The van der Waals surface area contributed by atoms with Crippen LogP contribution in [0.4, 0.5) is 19.0 Å². The fraction of sp³-hybridized carbons (Fsp3) is 0.370. The summed E-state index contributed by atoms with van der Waals surface area (Å²) in [4.78, 5) is 15.4. The number of anilines is 1. The molecular formula is C27H28F3N5O2S. The van der Waals surface area contributed by atoms with Crippen LogP contribution in [0.15, 0.2) is 55.1 Å². The lowest BCUT2D eigenvalue weighted by Crippen LogP contribution is -2.35. The molecule has 3 aromatic heterocycles. The van der Waals surface area contributed by atoms with Gasteiger partial charge in [0.1, 0.15) is 22.7 Å². The van der Waals surface area contributed by atoms with Gasteiger partial charge in [-0.2, -0.15) is 13.2 Å². The van der Waals surface area contributed by atoms with E-state index in [9.17, 15) is 18.3 Å². The molecule has 3 heterocycles. The zero-order valence-corrected chi connectivity index (χ0v) is 21.8. The molecule has 7 nitrogen and oxygen atoms in total. The first-order chi connectivity index (χ1) is 18.2. The second kappa shape index (κ2) is 10.8. The molecule has 1 saturated carbocycles. The number of ether oxygens (including phenoxy) is 1. The summed E-state index contributed by atoms with van der Waals surface area (Å²) in [5, 5.41) is 14.8. The van der Waals surface area contributed by atoms with Crippen LogP contribution in [0, 0.1) is 0 Å². The maximum absolute atomic E-state index is 12.9. The Hall–Kier alpha value is -3.28. The summed E-state index contributed by atoms with van der Waals surface area (Å²) >= 11 is 1.04. The molecule has 0 radical (unpaired) electrons. The van der Waals surface area contributed by atoms with E-state index in [2.05, 4.69) is 20.3 Å². The first-order valence-corrected chi connectivity index (χ1v) is 13.0. The molecule has 0 bridgehead atoms. The van der Waals surface area contributed by atoms with Gasteiger partial charge in [0.2, 0.25) is 0 Å². The molecule has 1 aliphatic rings. The molecule has 3 atom stereocenters. The minimum atomic E-state index is -4.28. The first kappa shape index (κ1) is 26.3. The average Bonchev–Trinajstić information content (AvgIpc) is 3.48. The Morgan fingerprint density at radius 3 is 2.63 bits per heavy atom. The van der Waals surface area contributed by atoms with E-state index >= 15 is 0 Å². The SMILES string of the molecule is COc1cncc(-c2ccc(CN[C@@H]3C[C@H](N(C)c4ncnc5sc(CC(F)(F)F)cc45)C[C@H]3O)cc2)c1. The minimum Gasteiger partial charge on any atom is -0.495 e. The van der Waals surface area contributed by atoms with Gasteiger partial charge in [0.25, 0.3) is 0 Å². The van der Waals surface area contributed by atoms with Crippen LogP contribution in [-0.2, 0) is 13.0 Å². The smallest absolute Gasteiger partial charge is 0.393 e. The standard InChI is InChI=1S/C27H28F3N5O2S/c1-35(25-22-10-21(11-27(28,29)30)38-26(22)34-15-33-25)19-8-23(24(36)9-19)32-12-16-3-5-17(6-4-16)18-7-20(37-2)14-31-13-18/h3-7,10,13-15,19,23-24,32,36H,8-9,11-12H2,1-2H3/t19-,23+,24+/m0/s1. The number of aliphatic hydroxyl groups excluding tert-OH is 1. The van der Waals surface area contributed by atoms with E-state index in [1.165, 1.54) is 12.4 Å². The van der Waals surface area contributed by atoms with Crippen molar-refractivity contribution in [2.24, 2.45) is 0 Å². The highest BCUT2D eigenvalue weighted by atomic mass is 32.1. The molecule has 0 aliphatic heterocycles. The van der Waals surface area contributed by atoms with Gasteiger partial charge in [-0.15, -0.1) is 11.3 Å². The summed E-state index contributed by atoms with van der Waals surface area (Å²) in [5.74, 6) is 1.28. The van der Waals surface area contributed by atoms with Crippen LogP contribution in [0.3, 0.4) is 0 Å². The number of hydrogen-bond donors (Lipinski definition) is 2. The first-order valence-electron chi connectivity index (χ1n) is 12.2. The molecule has 1 aromatic carbocycles. The largest absolute Gasteiger partial charge is 0.495 e. The average molecular weight is 544 g/mol. The lowest BCUT2D eigenvalue weighted by atomic mass is 10.1. The van der Waals surface area contributed by atoms with Gasteiger partial charge in [-0.3, -0.25) is 4.98 Å². The molecule has 1 fully saturated rings. The van der Waals surface area contributed by atoms with E-state index in [1.54, 1.807) is 19.5 Å². The number of alkyl halides is 3. The van der Waals surface area contributed by atoms with Crippen LogP contribution in [0.5, 0.6) is 5.75 Å². The van der Waals surface area contributed by atoms with Gasteiger partial charge in [0, 0.05) is 42.3 Å². The van der Waals surface area contributed by atoms with Crippen molar-refractivity contribution in [3.05, 3.63) is 65.6 Å². The van der Waals surface area contributed by atoms with Crippen LogP contribution < -0.4 is 15.0 Å². The summed E-state index contributed by atoms with van der Waals surface area (Å²) < 4.78 is 44.0. The molecular weight excluding hydrogens is 515 g/mol. The highest BCUT2D eigenvalue weighted by molar-refractivity contribution is 7.18. The molecule has 11 heteroatoms. The van der Waals surface area contributed by atoms with Crippen molar-refractivity contribution in [2.75, 3.05) is 19.1 Å². The monoisotopic (exact) mass is 543 g/mol. The van der Waals surface area contributed by atoms with E-state index in [0.717, 1.165) is 28.0 Å². The second-order valence-corrected chi connectivity index (χ2v) is 10.6. The summed E-state index contributed by atoms with van der Waals surface area (Å²) in [6, 6.07) is 11.5. The number of aromatic nitrogens is 3. The Balaban J connectivity index is 1.22. The van der Waals surface area contributed by atoms with Crippen molar-refractivity contribution < 1.29 is 23.0 Å². The molecule has 200 valence electrons. The molecule has 5 rings (SSSR count). The molecule has 4 aromatic rings. The van der Waals surface area contributed by atoms with Gasteiger partial charge in [-0.25, -0.2) is 9.97 Å². The number of nitrogens with zero attached hydrogens (tertiary/aromatic N) is 4. The third kappa shape index (κ3) is 5.90. The summed E-state index contributed by atoms with van der Waals surface area (Å²) in [5.41, 5.74) is 3.09. The number of thiophene rings is 1. The fourth-order valence-electron chi connectivity index (χ4n) is 4.91. The molecule has 0 spiro atoms. The number of hydrogen-bond acceptors (Lipinski definition) is 8. The predicted molar refractivity (Wildman–Crippen MR) is 141 cm³/mol. The number of pyridine rings is 1. The zero-order valence-electron chi connectivity index (χ0n) is 20.9. The van der Waals surface area contributed by atoms with Crippen LogP contribution in [0.1, 0.15) is 23.3 Å². The zero-order chi connectivity index (χ0) is 26.9. The summed E-state index contributed by atoms with van der Waals surface area (Å²) in [6.45, 7) is 0.595. The maximum atomic E-state index is 12.9. The molecule has 0 saturated heterocycles. The fourth-order valence-corrected chi connectivity index (χ4v) is 5.93. The van der Waals surface area contributed by atoms with Gasteiger partial charge in [0.05, 0.1) is 31.2 Å². The van der Waals surface area contributed by atoms with E-state index in [1.807, 2.05) is 42.3 Å².